The van der Waals surface area contributed by atoms with Gasteiger partial charge in [0.2, 0.25) is 0 Å². The summed E-state index contributed by atoms with van der Waals surface area (Å²) in [7, 11) is 1.54. The molecule has 0 radical (unpaired) electrons. The van der Waals surface area contributed by atoms with Gasteiger partial charge in [0.15, 0.2) is 0 Å². The van der Waals surface area contributed by atoms with Gasteiger partial charge < -0.3 is 14.7 Å². The lowest BCUT2D eigenvalue weighted by atomic mass is 9.93. The number of ether oxygens (including phenoxy) is 1. The third kappa shape index (κ3) is 3.75. The average Bonchev–Trinajstić information content (AvgIpc) is 2.93. The molecule has 0 spiro atoms. The van der Waals surface area contributed by atoms with Crippen LogP contribution in [0.3, 0.4) is 0 Å². The Bertz CT molecular complexity index is 950. The van der Waals surface area contributed by atoms with Crippen molar-refractivity contribution in [2.45, 2.75) is 19.9 Å². The van der Waals surface area contributed by atoms with Crippen LogP contribution in [0.2, 0.25) is 0 Å². The minimum absolute atomic E-state index is 0.108. The van der Waals surface area contributed by atoms with Crippen LogP contribution in [0, 0.1) is 13.8 Å². The minimum Gasteiger partial charge on any atom is -0.507 e. The van der Waals surface area contributed by atoms with Gasteiger partial charge in [0.05, 0.1) is 18.2 Å². The molecule has 6 heteroatoms. The highest BCUT2D eigenvalue weighted by Crippen LogP contribution is 2.40. The largest absolute Gasteiger partial charge is 0.507 e. The zero-order chi connectivity index (χ0) is 20.4. The number of aliphatic hydroxyl groups excluding tert-OH is 1. The van der Waals surface area contributed by atoms with Crippen LogP contribution >= 0.6 is 15.9 Å². The molecule has 2 aromatic carbocycles. The van der Waals surface area contributed by atoms with Crippen molar-refractivity contribution in [1.82, 2.24) is 4.90 Å². The maximum atomic E-state index is 12.9. The summed E-state index contributed by atoms with van der Waals surface area (Å²) in [5.41, 5.74) is 3.22. The van der Waals surface area contributed by atoms with Gasteiger partial charge in [-0.1, -0.05) is 45.8 Å². The minimum atomic E-state index is -0.678. The van der Waals surface area contributed by atoms with Gasteiger partial charge in [0.25, 0.3) is 11.7 Å². The molecule has 1 aliphatic rings. The number of aryl methyl sites for hydroxylation is 2. The highest BCUT2D eigenvalue weighted by atomic mass is 79.9. The Morgan fingerprint density at radius 2 is 1.82 bits per heavy atom. The van der Waals surface area contributed by atoms with E-state index in [1.807, 2.05) is 56.3 Å². The summed E-state index contributed by atoms with van der Waals surface area (Å²) in [6.45, 7) is 4.33. The molecule has 0 aromatic heterocycles. The lowest BCUT2D eigenvalue weighted by molar-refractivity contribution is -0.140. The number of halogens is 1. The predicted molar refractivity (Wildman–Crippen MR) is 111 cm³/mol. The van der Waals surface area contributed by atoms with Gasteiger partial charge in [-0.3, -0.25) is 9.59 Å². The molecule has 0 aliphatic carbocycles. The van der Waals surface area contributed by atoms with E-state index in [4.69, 9.17) is 4.74 Å². The van der Waals surface area contributed by atoms with E-state index in [1.165, 1.54) is 4.90 Å². The molecular weight excluding hydrogens is 422 g/mol. The molecule has 0 bridgehead atoms. The summed E-state index contributed by atoms with van der Waals surface area (Å²) >= 11 is 3.40. The molecule has 1 aliphatic heterocycles. The lowest BCUT2D eigenvalue weighted by Gasteiger charge is -2.25. The second-order valence-electron chi connectivity index (χ2n) is 6.86. The van der Waals surface area contributed by atoms with Gasteiger partial charge in [0.1, 0.15) is 5.76 Å². The average molecular weight is 444 g/mol. The van der Waals surface area contributed by atoms with Crippen LogP contribution in [-0.2, 0) is 14.3 Å². The van der Waals surface area contributed by atoms with Crippen molar-refractivity contribution in [2.75, 3.05) is 20.3 Å². The monoisotopic (exact) mass is 443 g/mol. The van der Waals surface area contributed by atoms with Crippen LogP contribution in [-0.4, -0.2) is 42.0 Å². The van der Waals surface area contributed by atoms with E-state index in [2.05, 4.69) is 15.9 Å². The highest BCUT2D eigenvalue weighted by molar-refractivity contribution is 9.10. The smallest absolute Gasteiger partial charge is 0.295 e. The first-order chi connectivity index (χ1) is 13.3. The fourth-order valence-electron chi connectivity index (χ4n) is 3.43. The first-order valence-electron chi connectivity index (χ1n) is 8.95. The van der Waals surface area contributed by atoms with Crippen LogP contribution in [0.5, 0.6) is 0 Å². The maximum Gasteiger partial charge on any atom is 0.295 e. The zero-order valence-electron chi connectivity index (χ0n) is 16.0. The quantitative estimate of drug-likeness (QED) is 0.428. The number of amides is 1. The van der Waals surface area contributed by atoms with E-state index >= 15 is 0 Å². The van der Waals surface area contributed by atoms with E-state index in [-0.39, 0.29) is 17.9 Å². The van der Waals surface area contributed by atoms with E-state index in [0.29, 0.717) is 12.2 Å². The Balaban J connectivity index is 2.20. The van der Waals surface area contributed by atoms with Crippen molar-refractivity contribution in [2.24, 2.45) is 0 Å². The Labute approximate surface area is 172 Å². The number of rotatable bonds is 5. The first-order valence-corrected chi connectivity index (χ1v) is 9.75. The Kier molecular flexibility index (Phi) is 6.01. The molecule has 1 amide bonds. The SMILES string of the molecule is COCCN1C(=O)C(=O)C(=C(O)c2cc(C)ccc2C)C1c1ccc(Br)cc1. The van der Waals surface area contributed by atoms with Crippen LogP contribution in [0.1, 0.15) is 28.3 Å². The summed E-state index contributed by atoms with van der Waals surface area (Å²) in [5.74, 6) is -1.45. The number of Topliss-reactive ketones (excluding diaryl/α,β-unsaturated/α-hetero) is 1. The number of ketones is 1. The maximum absolute atomic E-state index is 12.9. The molecule has 1 atom stereocenters. The highest BCUT2D eigenvalue weighted by Gasteiger charge is 2.45. The van der Waals surface area contributed by atoms with Crippen molar-refractivity contribution < 1.29 is 19.4 Å². The number of carbonyl (C=O) groups is 2. The van der Waals surface area contributed by atoms with E-state index in [9.17, 15) is 14.7 Å². The van der Waals surface area contributed by atoms with Gasteiger partial charge in [-0.05, 0) is 43.2 Å². The molecule has 5 nitrogen and oxygen atoms in total. The van der Waals surface area contributed by atoms with Crippen LogP contribution in [0.4, 0.5) is 0 Å². The normalized spacial score (nSPS) is 18.7. The number of carbonyl (C=O) groups excluding carboxylic acids is 2. The van der Waals surface area contributed by atoms with Crippen molar-refractivity contribution in [3.8, 4) is 0 Å². The van der Waals surface area contributed by atoms with Gasteiger partial charge in [-0.2, -0.15) is 0 Å². The molecule has 28 heavy (non-hydrogen) atoms. The van der Waals surface area contributed by atoms with Gasteiger partial charge in [-0.25, -0.2) is 0 Å². The summed E-state index contributed by atoms with van der Waals surface area (Å²) in [6, 6.07) is 12.4. The standard InChI is InChI=1S/C22H22BrNO4/c1-13-4-5-14(2)17(12-13)20(25)18-19(15-6-8-16(23)9-7-15)24(10-11-28-3)22(27)21(18)26/h4-9,12,19,25H,10-11H2,1-3H3. The Morgan fingerprint density at radius 1 is 1.14 bits per heavy atom. The van der Waals surface area contributed by atoms with Crippen LogP contribution in [0.25, 0.3) is 5.76 Å². The van der Waals surface area contributed by atoms with Gasteiger partial charge >= 0.3 is 0 Å². The fourth-order valence-corrected chi connectivity index (χ4v) is 3.69. The predicted octanol–water partition coefficient (Wildman–Crippen LogP) is 4.13. The number of hydrogen-bond acceptors (Lipinski definition) is 4. The molecular formula is C22H22BrNO4. The third-order valence-electron chi connectivity index (χ3n) is 4.91. The van der Waals surface area contributed by atoms with Crippen LogP contribution in [0.15, 0.2) is 52.5 Å². The van der Waals surface area contributed by atoms with Crippen molar-refractivity contribution in [3.05, 3.63) is 74.8 Å². The molecule has 1 saturated heterocycles. The fraction of sp³-hybridized carbons (Fsp3) is 0.273. The Morgan fingerprint density at radius 3 is 2.46 bits per heavy atom. The molecule has 0 saturated carbocycles. The summed E-state index contributed by atoms with van der Waals surface area (Å²) < 4.78 is 6.00. The number of benzene rings is 2. The van der Waals surface area contributed by atoms with Crippen molar-refractivity contribution >= 4 is 33.4 Å². The van der Waals surface area contributed by atoms with Crippen molar-refractivity contribution in [1.29, 1.82) is 0 Å². The summed E-state index contributed by atoms with van der Waals surface area (Å²) in [4.78, 5) is 27.1. The molecule has 3 rings (SSSR count). The second-order valence-corrected chi connectivity index (χ2v) is 7.77. The zero-order valence-corrected chi connectivity index (χ0v) is 17.6. The van der Waals surface area contributed by atoms with Gasteiger partial charge in [-0.15, -0.1) is 0 Å². The van der Waals surface area contributed by atoms with E-state index in [1.54, 1.807) is 7.11 Å². The second kappa shape index (κ2) is 8.29. The van der Waals surface area contributed by atoms with E-state index in [0.717, 1.165) is 21.2 Å². The number of hydrogen-bond donors (Lipinski definition) is 1. The summed E-state index contributed by atoms with van der Waals surface area (Å²) in [6.07, 6.45) is 0. The molecule has 1 fully saturated rings. The molecule has 1 heterocycles. The number of nitrogens with zero attached hydrogens (tertiary/aromatic N) is 1. The van der Waals surface area contributed by atoms with Crippen molar-refractivity contribution in [3.63, 3.8) is 0 Å². The third-order valence-corrected chi connectivity index (χ3v) is 5.44. The number of methoxy groups -OCH3 is 1. The first kappa shape index (κ1) is 20.3. The topological polar surface area (TPSA) is 66.8 Å². The molecule has 1 N–H and O–H groups in total. The van der Waals surface area contributed by atoms with Crippen LogP contribution < -0.4 is 0 Å². The van der Waals surface area contributed by atoms with E-state index < -0.39 is 17.7 Å². The number of likely N-dealkylation sites (tertiary alicyclic amines) is 1. The lowest BCUT2D eigenvalue weighted by Crippen LogP contribution is -2.32. The Hall–Kier alpha value is -2.44. The molecule has 1 unspecified atom stereocenters. The molecule has 2 aromatic rings. The summed E-state index contributed by atoms with van der Waals surface area (Å²) in [5, 5.41) is 11.1. The van der Waals surface area contributed by atoms with Gasteiger partial charge in [0, 0.05) is 23.7 Å². The number of aliphatic hydroxyl groups is 1. The molecule has 146 valence electrons.